The maximum Gasteiger partial charge on any atom is 0.223 e. The monoisotopic (exact) mass is 332 g/mol. The SMILES string of the molecule is CCCCC(CC)C(=O)NCc1ccccc1CN1CCOCC1. The normalized spacial score (nSPS) is 16.8. The maximum atomic E-state index is 12.4. The van der Waals surface area contributed by atoms with Crippen molar-refractivity contribution in [1.29, 1.82) is 0 Å². The summed E-state index contributed by atoms with van der Waals surface area (Å²) in [6.45, 7) is 9.43. The maximum absolute atomic E-state index is 12.4. The molecule has 4 heteroatoms. The van der Waals surface area contributed by atoms with Gasteiger partial charge >= 0.3 is 0 Å². The van der Waals surface area contributed by atoms with Crippen molar-refractivity contribution in [3.8, 4) is 0 Å². The number of unbranched alkanes of at least 4 members (excludes halogenated alkanes) is 1. The third-order valence-corrected chi connectivity index (χ3v) is 4.84. The van der Waals surface area contributed by atoms with E-state index < -0.39 is 0 Å². The number of rotatable bonds is 9. The van der Waals surface area contributed by atoms with Crippen LogP contribution < -0.4 is 5.32 Å². The minimum Gasteiger partial charge on any atom is -0.379 e. The fourth-order valence-electron chi connectivity index (χ4n) is 3.18. The highest BCUT2D eigenvalue weighted by atomic mass is 16.5. The van der Waals surface area contributed by atoms with Gasteiger partial charge in [0.2, 0.25) is 5.91 Å². The molecular weight excluding hydrogens is 300 g/mol. The van der Waals surface area contributed by atoms with Gasteiger partial charge in [0.1, 0.15) is 0 Å². The molecule has 1 fully saturated rings. The number of nitrogens with zero attached hydrogens (tertiary/aromatic N) is 1. The Morgan fingerprint density at radius 2 is 1.92 bits per heavy atom. The summed E-state index contributed by atoms with van der Waals surface area (Å²) in [5.74, 6) is 0.350. The lowest BCUT2D eigenvalue weighted by Gasteiger charge is -2.27. The van der Waals surface area contributed by atoms with Gasteiger partial charge < -0.3 is 10.1 Å². The highest BCUT2D eigenvalue weighted by molar-refractivity contribution is 5.78. The largest absolute Gasteiger partial charge is 0.379 e. The molecule has 4 nitrogen and oxygen atoms in total. The average molecular weight is 332 g/mol. The average Bonchev–Trinajstić information content (AvgIpc) is 2.62. The van der Waals surface area contributed by atoms with Crippen LogP contribution in [0.25, 0.3) is 0 Å². The first-order chi connectivity index (χ1) is 11.7. The predicted molar refractivity (Wildman–Crippen MR) is 97.7 cm³/mol. The molecule has 1 N–H and O–H groups in total. The second kappa shape index (κ2) is 10.5. The fraction of sp³-hybridized carbons (Fsp3) is 0.650. The van der Waals surface area contributed by atoms with E-state index in [1.54, 1.807) is 0 Å². The zero-order valence-corrected chi connectivity index (χ0v) is 15.2. The highest BCUT2D eigenvalue weighted by Crippen LogP contribution is 2.15. The number of carbonyl (C=O) groups is 1. The zero-order valence-electron chi connectivity index (χ0n) is 15.2. The smallest absolute Gasteiger partial charge is 0.223 e. The summed E-state index contributed by atoms with van der Waals surface area (Å²) in [5, 5.41) is 3.15. The van der Waals surface area contributed by atoms with E-state index in [9.17, 15) is 4.79 Å². The molecule has 0 aromatic heterocycles. The molecule has 1 aromatic rings. The molecule has 0 bridgehead atoms. The van der Waals surface area contributed by atoms with Gasteiger partial charge in [0.15, 0.2) is 0 Å². The molecule has 1 aromatic carbocycles. The van der Waals surface area contributed by atoms with E-state index in [4.69, 9.17) is 4.74 Å². The summed E-state index contributed by atoms with van der Waals surface area (Å²) < 4.78 is 5.42. The van der Waals surface area contributed by atoms with Crippen LogP contribution >= 0.6 is 0 Å². The van der Waals surface area contributed by atoms with E-state index in [1.165, 1.54) is 11.1 Å². The fourth-order valence-corrected chi connectivity index (χ4v) is 3.18. The van der Waals surface area contributed by atoms with Gasteiger partial charge in [-0.05, 0) is 24.0 Å². The Hall–Kier alpha value is -1.39. The molecule has 1 aliphatic rings. The molecule has 134 valence electrons. The molecule has 1 saturated heterocycles. The van der Waals surface area contributed by atoms with Crippen molar-refractivity contribution in [3.05, 3.63) is 35.4 Å². The molecule has 24 heavy (non-hydrogen) atoms. The van der Waals surface area contributed by atoms with Crippen LogP contribution in [0.15, 0.2) is 24.3 Å². The lowest BCUT2D eigenvalue weighted by Crippen LogP contribution is -2.36. The van der Waals surface area contributed by atoms with Gasteiger partial charge in [0, 0.05) is 32.1 Å². The minimum absolute atomic E-state index is 0.149. The number of benzene rings is 1. The van der Waals surface area contributed by atoms with Gasteiger partial charge in [0.05, 0.1) is 13.2 Å². The van der Waals surface area contributed by atoms with Gasteiger partial charge in [-0.2, -0.15) is 0 Å². The predicted octanol–water partition coefficient (Wildman–Crippen LogP) is 3.35. The number of amides is 1. The van der Waals surface area contributed by atoms with Crippen LogP contribution in [0.1, 0.15) is 50.7 Å². The summed E-state index contributed by atoms with van der Waals surface area (Å²) in [4.78, 5) is 14.8. The van der Waals surface area contributed by atoms with E-state index in [2.05, 4.69) is 48.3 Å². The minimum atomic E-state index is 0.149. The van der Waals surface area contributed by atoms with Crippen molar-refractivity contribution >= 4 is 5.91 Å². The molecule has 1 heterocycles. The molecule has 0 radical (unpaired) electrons. The van der Waals surface area contributed by atoms with Crippen molar-refractivity contribution < 1.29 is 9.53 Å². The highest BCUT2D eigenvalue weighted by Gasteiger charge is 2.16. The zero-order chi connectivity index (χ0) is 17.2. The standard InChI is InChI=1S/C20H32N2O2/c1-3-5-8-17(4-2)20(23)21-15-18-9-6-7-10-19(18)16-22-11-13-24-14-12-22/h6-7,9-10,17H,3-5,8,11-16H2,1-2H3,(H,21,23). The number of nitrogens with one attached hydrogen (secondary N) is 1. The van der Waals surface area contributed by atoms with Gasteiger partial charge in [-0.3, -0.25) is 9.69 Å². The van der Waals surface area contributed by atoms with Crippen LogP contribution in [-0.4, -0.2) is 37.1 Å². The molecule has 1 unspecified atom stereocenters. The van der Waals surface area contributed by atoms with E-state index in [0.717, 1.165) is 58.5 Å². The second-order valence-electron chi connectivity index (χ2n) is 6.62. The van der Waals surface area contributed by atoms with Crippen molar-refractivity contribution in [3.63, 3.8) is 0 Å². The van der Waals surface area contributed by atoms with E-state index in [1.807, 2.05) is 0 Å². The van der Waals surface area contributed by atoms with Crippen molar-refractivity contribution in [2.24, 2.45) is 5.92 Å². The van der Waals surface area contributed by atoms with Crippen molar-refractivity contribution in [1.82, 2.24) is 10.2 Å². The first kappa shape index (κ1) is 18.9. The number of morpholine rings is 1. The van der Waals surface area contributed by atoms with Gasteiger partial charge in [-0.15, -0.1) is 0 Å². The molecule has 2 rings (SSSR count). The van der Waals surface area contributed by atoms with E-state index >= 15 is 0 Å². The van der Waals surface area contributed by atoms with Crippen molar-refractivity contribution in [2.45, 2.75) is 52.6 Å². The molecule has 0 saturated carbocycles. The molecule has 0 aliphatic carbocycles. The number of ether oxygens (including phenoxy) is 1. The number of hydrogen-bond acceptors (Lipinski definition) is 3. The van der Waals surface area contributed by atoms with Crippen LogP contribution in [0.2, 0.25) is 0 Å². The topological polar surface area (TPSA) is 41.6 Å². The summed E-state index contributed by atoms with van der Waals surface area (Å²) in [6, 6.07) is 8.43. The van der Waals surface area contributed by atoms with E-state index in [-0.39, 0.29) is 11.8 Å². The Balaban J connectivity index is 1.90. The Morgan fingerprint density at radius 3 is 2.58 bits per heavy atom. The molecule has 1 atom stereocenters. The number of carbonyl (C=O) groups excluding carboxylic acids is 1. The third-order valence-electron chi connectivity index (χ3n) is 4.84. The van der Waals surface area contributed by atoms with Gasteiger partial charge in [-0.25, -0.2) is 0 Å². The molecule has 0 spiro atoms. The molecule has 1 aliphatic heterocycles. The summed E-state index contributed by atoms with van der Waals surface area (Å²) >= 11 is 0. The summed E-state index contributed by atoms with van der Waals surface area (Å²) in [6.07, 6.45) is 4.18. The van der Waals surface area contributed by atoms with Gasteiger partial charge in [-0.1, -0.05) is 51.0 Å². The number of hydrogen-bond donors (Lipinski definition) is 1. The Kier molecular flexibility index (Phi) is 8.26. The van der Waals surface area contributed by atoms with Crippen LogP contribution in [0.4, 0.5) is 0 Å². The lowest BCUT2D eigenvalue weighted by atomic mass is 9.98. The second-order valence-corrected chi connectivity index (χ2v) is 6.62. The van der Waals surface area contributed by atoms with Crippen LogP contribution in [0, 0.1) is 5.92 Å². The van der Waals surface area contributed by atoms with Crippen LogP contribution in [0.3, 0.4) is 0 Å². The quantitative estimate of drug-likeness (QED) is 0.754. The third kappa shape index (κ3) is 5.91. The summed E-state index contributed by atoms with van der Waals surface area (Å²) in [7, 11) is 0. The first-order valence-electron chi connectivity index (χ1n) is 9.39. The Bertz CT molecular complexity index is 498. The van der Waals surface area contributed by atoms with Crippen LogP contribution in [-0.2, 0) is 22.6 Å². The van der Waals surface area contributed by atoms with E-state index in [0.29, 0.717) is 6.54 Å². The Morgan fingerprint density at radius 1 is 1.21 bits per heavy atom. The van der Waals surface area contributed by atoms with Gasteiger partial charge in [0.25, 0.3) is 0 Å². The summed E-state index contributed by atoms with van der Waals surface area (Å²) in [5.41, 5.74) is 2.53. The molecular formula is C20H32N2O2. The molecule has 1 amide bonds. The lowest BCUT2D eigenvalue weighted by molar-refractivity contribution is -0.125. The van der Waals surface area contributed by atoms with Crippen molar-refractivity contribution in [2.75, 3.05) is 26.3 Å². The first-order valence-corrected chi connectivity index (χ1v) is 9.39. The Labute approximate surface area is 146 Å². The van der Waals surface area contributed by atoms with Crippen LogP contribution in [0.5, 0.6) is 0 Å².